The highest BCUT2D eigenvalue weighted by Crippen LogP contribution is 2.31. The summed E-state index contributed by atoms with van der Waals surface area (Å²) in [4.78, 5) is 8.96. The lowest BCUT2D eigenvalue weighted by atomic mass is 9.95. The van der Waals surface area contributed by atoms with E-state index in [0.717, 1.165) is 11.1 Å². The lowest BCUT2D eigenvalue weighted by Gasteiger charge is -2.15. The van der Waals surface area contributed by atoms with Gasteiger partial charge in [0.05, 0.1) is 10.6 Å². The summed E-state index contributed by atoms with van der Waals surface area (Å²) in [5.74, 6) is 1.02. The van der Waals surface area contributed by atoms with Gasteiger partial charge < -0.3 is 4.74 Å². The Morgan fingerprint density at radius 1 is 0.812 bits per heavy atom. The Labute approximate surface area is 188 Å². The van der Waals surface area contributed by atoms with Crippen molar-refractivity contribution in [2.75, 3.05) is 4.72 Å². The van der Waals surface area contributed by atoms with Crippen molar-refractivity contribution in [3.05, 3.63) is 96.6 Å². The summed E-state index contributed by atoms with van der Waals surface area (Å²) in [6.07, 6.45) is 0. The van der Waals surface area contributed by atoms with Gasteiger partial charge >= 0.3 is 0 Å². The predicted octanol–water partition coefficient (Wildman–Crippen LogP) is 5.86. The van der Waals surface area contributed by atoms with Crippen LogP contribution in [0, 0.1) is 0 Å². The number of anilines is 1. The number of para-hydroxylation sites is 1. The van der Waals surface area contributed by atoms with Crippen molar-refractivity contribution < 1.29 is 13.2 Å². The zero-order valence-corrected chi connectivity index (χ0v) is 18.6. The van der Waals surface area contributed by atoms with Crippen molar-refractivity contribution in [2.45, 2.75) is 24.7 Å². The first-order valence-corrected chi connectivity index (χ1v) is 11.7. The quantitative estimate of drug-likeness (QED) is 0.385. The van der Waals surface area contributed by atoms with Gasteiger partial charge in [-0.15, -0.1) is 0 Å². The number of rotatable bonds is 7. The van der Waals surface area contributed by atoms with Crippen LogP contribution in [-0.2, 0) is 10.0 Å². The molecule has 6 nitrogen and oxygen atoms in total. The Morgan fingerprint density at radius 2 is 1.44 bits per heavy atom. The van der Waals surface area contributed by atoms with Gasteiger partial charge in [0.1, 0.15) is 5.75 Å². The van der Waals surface area contributed by atoms with Gasteiger partial charge in [-0.25, -0.2) is 18.1 Å². The number of ether oxygens (including phenoxy) is 1. The summed E-state index contributed by atoms with van der Waals surface area (Å²) in [6, 6.07) is 26.9. The van der Waals surface area contributed by atoms with Gasteiger partial charge in [-0.05, 0) is 35.7 Å². The molecular formula is C25H23N3O3S. The monoisotopic (exact) mass is 445 g/mol. The van der Waals surface area contributed by atoms with E-state index in [1.807, 2.05) is 42.5 Å². The van der Waals surface area contributed by atoms with E-state index >= 15 is 0 Å². The lowest BCUT2D eigenvalue weighted by molar-refractivity contribution is 0.463. The molecule has 0 saturated heterocycles. The summed E-state index contributed by atoms with van der Waals surface area (Å²) in [5.41, 5.74) is 2.55. The Hall–Kier alpha value is -3.71. The highest BCUT2D eigenvalue weighted by molar-refractivity contribution is 7.92. The van der Waals surface area contributed by atoms with E-state index in [1.165, 1.54) is 12.1 Å². The third-order valence-corrected chi connectivity index (χ3v) is 6.15. The first-order chi connectivity index (χ1) is 15.4. The van der Waals surface area contributed by atoms with Crippen molar-refractivity contribution in [2.24, 2.45) is 0 Å². The van der Waals surface area contributed by atoms with Crippen molar-refractivity contribution in [3.63, 3.8) is 0 Å². The van der Waals surface area contributed by atoms with Crippen LogP contribution in [0.3, 0.4) is 0 Å². The minimum atomic E-state index is -3.86. The van der Waals surface area contributed by atoms with E-state index in [1.54, 1.807) is 36.4 Å². The molecule has 0 aliphatic heterocycles. The van der Waals surface area contributed by atoms with Crippen molar-refractivity contribution in [3.8, 4) is 22.9 Å². The standard InChI is InChI=1S/C25H23N3O3S/c1-18(2)21-15-9-10-16-22(21)23-17-24(31-19-11-5-3-6-12-19)27-25(26-23)28-32(29,30)20-13-7-4-8-14-20/h3-18H,1-2H3,(H,26,27,28). The summed E-state index contributed by atoms with van der Waals surface area (Å²) in [7, 11) is -3.86. The van der Waals surface area contributed by atoms with E-state index in [0.29, 0.717) is 11.4 Å². The van der Waals surface area contributed by atoms with Crippen molar-refractivity contribution >= 4 is 16.0 Å². The first-order valence-electron chi connectivity index (χ1n) is 10.2. The fourth-order valence-corrected chi connectivity index (χ4v) is 4.25. The van der Waals surface area contributed by atoms with Crippen LogP contribution in [-0.4, -0.2) is 18.4 Å². The molecule has 1 heterocycles. The van der Waals surface area contributed by atoms with Gasteiger partial charge in [0.25, 0.3) is 10.0 Å². The van der Waals surface area contributed by atoms with Crippen LogP contribution in [0.15, 0.2) is 95.9 Å². The van der Waals surface area contributed by atoms with Crippen LogP contribution in [0.25, 0.3) is 11.3 Å². The zero-order valence-electron chi connectivity index (χ0n) is 17.8. The maximum absolute atomic E-state index is 12.9. The SMILES string of the molecule is CC(C)c1ccccc1-c1cc(Oc2ccccc2)nc(NS(=O)(=O)c2ccccc2)n1. The number of hydrogen-bond acceptors (Lipinski definition) is 5. The van der Waals surface area contributed by atoms with Crippen LogP contribution < -0.4 is 9.46 Å². The maximum atomic E-state index is 12.9. The Morgan fingerprint density at radius 3 is 2.12 bits per heavy atom. The maximum Gasteiger partial charge on any atom is 0.264 e. The minimum Gasteiger partial charge on any atom is -0.439 e. The molecule has 4 aromatic rings. The van der Waals surface area contributed by atoms with Gasteiger partial charge in [-0.2, -0.15) is 4.98 Å². The molecule has 1 N–H and O–H groups in total. The molecule has 0 unspecified atom stereocenters. The van der Waals surface area contributed by atoms with Gasteiger partial charge in [-0.3, -0.25) is 0 Å². The van der Waals surface area contributed by atoms with Gasteiger partial charge in [0.15, 0.2) is 0 Å². The fraction of sp³-hybridized carbons (Fsp3) is 0.120. The molecule has 4 rings (SSSR count). The molecular weight excluding hydrogens is 422 g/mol. The predicted molar refractivity (Wildman–Crippen MR) is 125 cm³/mol. The molecule has 0 bridgehead atoms. The number of nitrogens with one attached hydrogen (secondary N) is 1. The molecule has 0 radical (unpaired) electrons. The number of nitrogens with zero attached hydrogens (tertiary/aromatic N) is 2. The number of sulfonamides is 1. The number of aromatic nitrogens is 2. The van der Waals surface area contributed by atoms with E-state index in [-0.39, 0.29) is 22.6 Å². The molecule has 162 valence electrons. The minimum absolute atomic E-state index is 0.0594. The van der Waals surface area contributed by atoms with E-state index in [9.17, 15) is 8.42 Å². The molecule has 3 aromatic carbocycles. The topological polar surface area (TPSA) is 81.2 Å². The van der Waals surface area contributed by atoms with Crippen LogP contribution in [0.4, 0.5) is 5.95 Å². The molecule has 7 heteroatoms. The van der Waals surface area contributed by atoms with Crippen LogP contribution in [0.2, 0.25) is 0 Å². The molecule has 1 aromatic heterocycles. The van der Waals surface area contributed by atoms with Crippen molar-refractivity contribution in [1.29, 1.82) is 0 Å². The summed E-state index contributed by atoms with van der Waals surface area (Å²) in [5, 5.41) is 0. The van der Waals surface area contributed by atoms with E-state index in [2.05, 4.69) is 28.5 Å². The Balaban J connectivity index is 1.79. The summed E-state index contributed by atoms with van der Waals surface area (Å²) in [6.45, 7) is 4.20. The zero-order chi connectivity index (χ0) is 22.6. The van der Waals surface area contributed by atoms with Crippen LogP contribution in [0.5, 0.6) is 11.6 Å². The average molecular weight is 446 g/mol. The number of benzene rings is 3. The van der Waals surface area contributed by atoms with Crippen LogP contribution >= 0.6 is 0 Å². The number of hydrogen-bond donors (Lipinski definition) is 1. The molecule has 0 spiro atoms. The highest BCUT2D eigenvalue weighted by Gasteiger charge is 2.18. The molecule has 0 amide bonds. The smallest absolute Gasteiger partial charge is 0.264 e. The molecule has 0 fully saturated rings. The summed E-state index contributed by atoms with van der Waals surface area (Å²) >= 11 is 0. The van der Waals surface area contributed by atoms with Gasteiger partial charge in [-0.1, -0.05) is 74.5 Å². The van der Waals surface area contributed by atoms with Gasteiger partial charge in [0, 0.05) is 11.6 Å². The first kappa shape index (κ1) is 21.5. The summed E-state index contributed by atoms with van der Waals surface area (Å²) < 4.78 is 34.1. The van der Waals surface area contributed by atoms with E-state index < -0.39 is 10.0 Å². The average Bonchev–Trinajstić information content (AvgIpc) is 2.80. The third-order valence-electron chi connectivity index (χ3n) is 4.81. The molecule has 0 aliphatic carbocycles. The molecule has 0 atom stereocenters. The second kappa shape index (κ2) is 9.20. The van der Waals surface area contributed by atoms with Crippen LogP contribution in [0.1, 0.15) is 25.3 Å². The Kier molecular flexibility index (Phi) is 6.18. The Bertz CT molecular complexity index is 1310. The van der Waals surface area contributed by atoms with E-state index in [4.69, 9.17) is 4.74 Å². The normalized spacial score (nSPS) is 11.3. The fourth-order valence-electron chi connectivity index (χ4n) is 3.28. The molecule has 0 aliphatic rings. The largest absolute Gasteiger partial charge is 0.439 e. The van der Waals surface area contributed by atoms with Gasteiger partial charge in [0.2, 0.25) is 11.8 Å². The van der Waals surface area contributed by atoms with Crippen molar-refractivity contribution in [1.82, 2.24) is 9.97 Å². The third kappa shape index (κ3) is 4.95. The second-order valence-corrected chi connectivity index (χ2v) is 9.17. The molecule has 32 heavy (non-hydrogen) atoms. The lowest BCUT2D eigenvalue weighted by Crippen LogP contribution is -2.15. The highest BCUT2D eigenvalue weighted by atomic mass is 32.2. The molecule has 0 saturated carbocycles. The second-order valence-electron chi connectivity index (χ2n) is 7.49.